The van der Waals surface area contributed by atoms with Gasteiger partial charge in [-0.05, 0) is 49.9 Å². The van der Waals surface area contributed by atoms with Gasteiger partial charge in [0.1, 0.15) is 0 Å². The maximum atomic E-state index is 2.73. The molecule has 2 heteroatoms. The third-order valence-corrected chi connectivity index (χ3v) is 4.29. The van der Waals surface area contributed by atoms with E-state index in [0.29, 0.717) is 0 Å². The quantitative estimate of drug-likeness (QED) is 0.623. The second-order valence-electron chi connectivity index (χ2n) is 4.71. The van der Waals surface area contributed by atoms with Gasteiger partial charge >= 0.3 is 0 Å². The van der Waals surface area contributed by atoms with Gasteiger partial charge in [-0.15, -0.1) is 11.8 Å². The number of nitrogens with zero attached hydrogens (tertiary/aromatic N) is 1. The molecule has 0 bridgehead atoms. The van der Waals surface area contributed by atoms with Gasteiger partial charge in [0.05, 0.1) is 0 Å². The second kappa shape index (κ2) is 8.19. The fourth-order valence-corrected chi connectivity index (χ4v) is 2.93. The first-order chi connectivity index (χ1) is 7.81. The molecule has 0 radical (unpaired) electrons. The van der Waals surface area contributed by atoms with Crippen molar-refractivity contribution >= 4 is 11.8 Å². The van der Waals surface area contributed by atoms with Crippen LogP contribution in [0.4, 0.5) is 0 Å². The largest absolute Gasteiger partial charge is 0.300 e. The maximum Gasteiger partial charge on any atom is 0.0175 e. The summed E-state index contributed by atoms with van der Waals surface area (Å²) in [5.74, 6) is 0. The van der Waals surface area contributed by atoms with Crippen molar-refractivity contribution in [2.24, 2.45) is 0 Å². The van der Waals surface area contributed by atoms with Gasteiger partial charge in [-0.1, -0.05) is 32.8 Å². The Bertz CT molecular complexity index is 205. The molecule has 0 aliphatic heterocycles. The predicted octanol–water partition coefficient (Wildman–Crippen LogP) is 4.30. The highest BCUT2D eigenvalue weighted by Crippen LogP contribution is 2.30. The van der Waals surface area contributed by atoms with Crippen LogP contribution in [0.1, 0.15) is 52.4 Å². The summed E-state index contributed by atoms with van der Waals surface area (Å²) in [6, 6.07) is 0.806. The van der Waals surface area contributed by atoms with Gasteiger partial charge in [0, 0.05) is 6.04 Å². The number of thioether (sulfide) groups is 1. The molecule has 1 nitrogen and oxygen atoms in total. The van der Waals surface area contributed by atoms with Crippen LogP contribution >= 0.6 is 11.8 Å². The van der Waals surface area contributed by atoms with E-state index in [0.717, 1.165) is 6.04 Å². The lowest BCUT2D eigenvalue weighted by molar-refractivity contribution is 0.197. The maximum absolute atomic E-state index is 2.73. The van der Waals surface area contributed by atoms with E-state index in [9.17, 15) is 0 Å². The Labute approximate surface area is 106 Å². The molecule has 0 saturated heterocycles. The fraction of sp³-hybridized carbons (Fsp3) is 0.857. The molecule has 0 aromatic rings. The van der Waals surface area contributed by atoms with Crippen molar-refractivity contribution in [2.75, 3.05) is 19.3 Å². The number of unbranched alkanes of at least 4 members (excludes halogenated alkanes) is 2. The first-order valence-corrected chi connectivity index (χ1v) is 8.01. The Balaban J connectivity index is 2.37. The monoisotopic (exact) mass is 241 g/mol. The van der Waals surface area contributed by atoms with Crippen LogP contribution in [-0.4, -0.2) is 30.3 Å². The zero-order valence-electron chi connectivity index (χ0n) is 11.2. The lowest BCUT2D eigenvalue weighted by Gasteiger charge is -2.29. The minimum absolute atomic E-state index is 0.806. The van der Waals surface area contributed by atoms with Gasteiger partial charge in [0.25, 0.3) is 0 Å². The van der Waals surface area contributed by atoms with Crippen LogP contribution in [0.5, 0.6) is 0 Å². The predicted molar refractivity (Wildman–Crippen MR) is 76.0 cm³/mol. The summed E-state index contributed by atoms with van der Waals surface area (Å²) in [5.41, 5.74) is 0. The van der Waals surface area contributed by atoms with E-state index in [1.165, 1.54) is 51.6 Å². The van der Waals surface area contributed by atoms with E-state index in [2.05, 4.69) is 31.1 Å². The summed E-state index contributed by atoms with van der Waals surface area (Å²) in [6.45, 7) is 7.18. The Morgan fingerprint density at radius 1 is 1.25 bits per heavy atom. The smallest absolute Gasteiger partial charge is 0.0175 e. The zero-order valence-corrected chi connectivity index (χ0v) is 12.0. The zero-order chi connectivity index (χ0) is 11.8. The number of rotatable bonds is 8. The highest BCUT2D eigenvalue weighted by Gasteiger charge is 2.22. The highest BCUT2D eigenvalue weighted by molar-refractivity contribution is 8.02. The first-order valence-electron chi connectivity index (χ1n) is 6.78. The van der Waals surface area contributed by atoms with Crippen molar-refractivity contribution in [3.8, 4) is 0 Å². The molecule has 0 spiro atoms. The van der Waals surface area contributed by atoms with Gasteiger partial charge in [0.2, 0.25) is 0 Å². The van der Waals surface area contributed by atoms with E-state index in [1.54, 1.807) is 4.91 Å². The summed E-state index contributed by atoms with van der Waals surface area (Å²) >= 11 is 1.94. The lowest BCUT2D eigenvalue weighted by atomic mass is 10.1. The van der Waals surface area contributed by atoms with E-state index in [-0.39, 0.29) is 0 Å². The average Bonchev–Trinajstić information content (AvgIpc) is 2.78. The van der Waals surface area contributed by atoms with Crippen LogP contribution in [0.25, 0.3) is 0 Å². The van der Waals surface area contributed by atoms with Crippen LogP contribution in [0.15, 0.2) is 11.0 Å². The topological polar surface area (TPSA) is 3.24 Å². The fourth-order valence-electron chi connectivity index (χ4n) is 2.31. The Morgan fingerprint density at radius 3 is 2.31 bits per heavy atom. The minimum Gasteiger partial charge on any atom is -0.300 e. The van der Waals surface area contributed by atoms with Crippen LogP contribution in [0.3, 0.4) is 0 Å². The SMILES string of the molecule is CCCCN(CCCC)C1CC=C(SC)C1. The molecule has 0 heterocycles. The lowest BCUT2D eigenvalue weighted by Crippen LogP contribution is -2.35. The molecule has 1 rings (SSSR count). The molecule has 1 aliphatic carbocycles. The van der Waals surface area contributed by atoms with Gasteiger partial charge in [0.15, 0.2) is 0 Å². The normalized spacial score (nSPS) is 20.5. The van der Waals surface area contributed by atoms with Crippen LogP contribution in [0.2, 0.25) is 0 Å². The highest BCUT2D eigenvalue weighted by atomic mass is 32.2. The molecular formula is C14H27NS. The molecule has 0 aromatic heterocycles. The molecule has 16 heavy (non-hydrogen) atoms. The van der Waals surface area contributed by atoms with Crippen LogP contribution < -0.4 is 0 Å². The third kappa shape index (κ3) is 4.50. The van der Waals surface area contributed by atoms with E-state index in [1.807, 2.05) is 11.8 Å². The summed E-state index contributed by atoms with van der Waals surface area (Å²) in [4.78, 5) is 4.33. The molecule has 0 aromatic carbocycles. The van der Waals surface area contributed by atoms with E-state index >= 15 is 0 Å². The van der Waals surface area contributed by atoms with Crippen molar-refractivity contribution in [2.45, 2.75) is 58.4 Å². The van der Waals surface area contributed by atoms with Crippen molar-refractivity contribution in [3.05, 3.63) is 11.0 Å². The first kappa shape index (κ1) is 14.1. The summed E-state index contributed by atoms with van der Waals surface area (Å²) in [6.07, 6.45) is 12.6. The van der Waals surface area contributed by atoms with Crippen LogP contribution in [0, 0.1) is 0 Å². The van der Waals surface area contributed by atoms with Crippen molar-refractivity contribution < 1.29 is 0 Å². The standard InChI is InChI=1S/C14H27NS/c1-4-6-10-15(11-7-5-2)13-8-9-14(12-13)16-3/h9,13H,4-8,10-12H2,1-3H3. The molecule has 0 amide bonds. The molecule has 1 unspecified atom stereocenters. The third-order valence-electron chi connectivity index (χ3n) is 3.43. The molecule has 1 atom stereocenters. The van der Waals surface area contributed by atoms with E-state index < -0.39 is 0 Å². The van der Waals surface area contributed by atoms with Gasteiger partial charge in [-0.3, -0.25) is 4.90 Å². The summed E-state index contributed by atoms with van der Waals surface area (Å²) in [5, 5.41) is 0. The second-order valence-corrected chi connectivity index (χ2v) is 5.64. The Hall–Kier alpha value is 0.0500. The molecule has 0 N–H and O–H groups in total. The molecule has 0 fully saturated rings. The minimum atomic E-state index is 0.806. The summed E-state index contributed by atoms with van der Waals surface area (Å²) < 4.78 is 0. The van der Waals surface area contributed by atoms with Crippen LogP contribution in [-0.2, 0) is 0 Å². The Kier molecular flexibility index (Phi) is 7.22. The Morgan fingerprint density at radius 2 is 1.88 bits per heavy atom. The molecule has 94 valence electrons. The van der Waals surface area contributed by atoms with Crippen molar-refractivity contribution in [3.63, 3.8) is 0 Å². The molecular weight excluding hydrogens is 214 g/mol. The van der Waals surface area contributed by atoms with Gasteiger partial charge in [-0.25, -0.2) is 0 Å². The average molecular weight is 241 g/mol. The number of hydrogen-bond acceptors (Lipinski definition) is 2. The van der Waals surface area contributed by atoms with E-state index in [4.69, 9.17) is 0 Å². The van der Waals surface area contributed by atoms with Gasteiger partial charge in [-0.2, -0.15) is 0 Å². The van der Waals surface area contributed by atoms with Crippen molar-refractivity contribution in [1.82, 2.24) is 4.90 Å². The van der Waals surface area contributed by atoms with Gasteiger partial charge < -0.3 is 0 Å². The van der Waals surface area contributed by atoms with Crippen molar-refractivity contribution in [1.29, 1.82) is 0 Å². The summed E-state index contributed by atoms with van der Waals surface area (Å²) in [7, 11) is 0. The number of hydrogen-bond donors (Lipinski definition) is 0. The molecule has 1 aliphatic rings. The molecule has 0 saturated carbocycles.